The molecule has 0 saturated carbocycles. The molecule has 28 heavy (non-hydrogen) atoms. The van der Waals surface area contributed by atoms with Crippen molar-refractivity contribution in [2.24, 2.45) is 4.99 Å². The van der Waals surface area contributed by atoms with Crippen LogP contribution < -0.4 is 16.0 Å². The van der Waals surface area contributed by atoms with E-state index in [2.05, 4.69) is 58.9 Å². The Labute approximate surface area is 184 Å². The maximum Gasteiger partial charge on any atom is 0.243 e. The minimum Gasteiger partial charge on any atom is -0.357 e. The Morgan fingerprint density at radius 1 is 1.14 bits per heavy atom. The highest BCUT2D eigenvalue weighted by molar-refractivity contribution is 14.0. The zero-order valence-corrected chi connectivity index (χ0v) is 18.8. The van der Waals surface area contributed by atoms with E-state index in [1.165, 1.54) is 11.1 Å². The fourth-order valence-corrected chi connectivity index (χ4v) is 2.59. The smallest absolute Gasteiger partial charge is 0.243 e. The van der Waals surface area contributed by atoms with Crippen LogP contribution in [-0.2, 0) is 11.3 Å². The summed E-state index contributed by atoms with van der Waals surface area (Å²) < 4.78 is 0. The number of aliphatic imine (C=N–C) groups is 1. The van der Waals surface area contributed by atoms with Crippen LogP contribution in [0.15, 0.2) is 47.5 Å². The molecule has 0 radical (unpaired) electrons. The van der Waals surface area contributed by atoms with Crippen molar-refractivity contribution in [1.29, 1.82) is 0 Å². The van der Waals surface area contributed by atoms with Crippen molar-refractivity contribution in [2.75, 3.05) is 18.4 Å². The molecular weight excluding hydrogens is 463 g/mol. The summed E-state index contributed by atoms with van der Waals surface area (Å²) >= 11 is 0. The lowest BCUT2D eigenvalue weighted by molar-refractivity contribution is -0.115. The highest BCUT2D eigenvalue weighted by Gasteiger charge is 2.05. The van der Waals surface area contributed by atoms with Crippen LogP contribution in [0, 0.1) is 26.2 Å². The average molecular weight is 490 g/mol. The number of guanidine groups is 1. The molecule has 0 unspecified atom stereocenters. The Bertz CT molecular complexity index is 871. The van der Waals surface area contributed by atoms with Gasteiger partial charge in [-0.2, -0.15) is 0 Å². The van der Waals surface area contributed by atoms with E-state index in [1.807, 2.05) is 19.1 Å². The predicted molar refractivity (Wildman–Crippen MR) is 127 cm³/mol. The number of halogens is 1. The third kappa shape index (κ3) is 7.61. The lowest BCUT2D eigenvalue weighted by Gasteiger charge is -2.12. The highest BCUT2D eigenvalue weighted by Crippen LogP contribution is 2.11. The topological polar surface area (TPSA) is 65.5 Å². The van der Waals surface area contributed by atoms with E-state index in [0.29, 0.717) is 24.7 Å². The first-order valence-electron chi connectivity index (χ1n) is 8.96. The van der Waals surface area contributed by atoms with Crippen LogP contribution in [0.2, 0.25) is 0 Å². The molecule has 0 aliphatic rings. The predicted octanol–water partition coefficient (Wildman–Crippen LogP) is 3.60. The van der Waals surface area contributed by atoms with Gasteiger partial charge in [-0.05, 0) is 50.1 Å². The molecule has 0 aliphatic carbocycles. The second kappa shape index (κ2) is 12.0. The van der Waals surface area contributed by atoms with E-state index in [-0.39, 0.29) is 36.4 Å². The summed E-state index contributed by atoms with van der Waals surface area (Å²) in [6.07, 6.45) is 5.38. The van der Waals surface area contributed by atoms with Gasteiger partial charge in [0.25, 0.3) is 0 Å². The SMILES string of the molecule is C#Cc1cccc(NC(=O)CNC(=NCc2ccc(C)cc2C)NCC)c1.I. The minimum absolute atomic E-state index is 0. The van der Waals surface area contributed by atoms with Gasteiger partial charge in [-0.1, -0.05) is 35.7 Å². The van der Waals surface area contributed by atoms with E-state index in [0.717, 1.165) is 11.1 Å². The van der Waals surface area contributed by atoms with Crippen molar-refractivity contribution in [2.45, 2.75) is 27.3 Å². The van der Waals surface area contributed by atoms with Crippen LogP contribution in [-0.4, -0.2) is 25.0 Å². The first-order chi connectivity index (χ1) is 13.0. The lowest BCUT2D eigenvalue weighted by atomic mass is 10.1. The molecule has 0 aromatic heterocycles. The van der Waals surface area contributed by atoms with Crippen LogP contribution in [0.1, 0.15) is 29.2 Å². The Hall–Kier alpha value is -2.53. The van der Waals surface area contributed by atoms with Crippen molar-refractivity contribution >= 4 is 41.5 Å². The van der Waals surface area contributed by atoms with Crippen LogP contribution in [0.3, 0.4) is 0 Å². The fourth-order valence-electron chi connectivity index (χ4n) is 2.59. The number of anilines is 1. The van der Waals surface area contributed by atoms with Gasteiger partial charge in [-0.15, -0.1) is 30.4 Å². The first-order valence-corrected chi connectivity index (χ1v) is 8.96. The quantitative estimate of drug-likeness (QED) is 0.251. The van der Waals surface area contributed by atoms with E-state index in [1.54, 1.807) is 12.1 Å². The Morgan fingerprint density at radius 3 is 2.61 bits per heavy atom. The standard InChI is InChI=1S/C22H26N4O.HI/c1-5-18-8-7-9-20(13-18)26-21(27)15-25-22(23-6-2)24-14-19-11-10-16(3)12-17(19)4;/h1,7-13H,6,14-15H2,2-4H3,(H,26,27)(H2,23,24,25);1H. The van der Waals surface area contributed by atoms with Crippen LogP contribution >= 0.6 is 24.0 Å². The average Bonchev–Trinajstić information content (AvgIpc) is 2.65. The molecule has 0 saturated heterocycles. The van der Waals surface area contributed by atoms with Gasteiger partial charge in [0.15, 0.2) is 5.96 Å². The van der Waals surface area contributed by atoms with E-state index in [4.69, 9.17) is 6.42 Å². The summed E-state index contributed by atoms with van der Waals surface area (Å²) in [6, 6.07) is 13.5. The van der Waals surface area contributed by atoms with E-state index >= 15 is 0 Å². The monoisotopic (exact) mass is 490 g/mol. The molecule has 0 atom stereocenters. The lowest BCUT2D eigenvalue weighted by Crippen LogP contribution is -2.41. The van der Waals surface area contributed by atoms with Crippen LogP contribution in [0.5, 0.6) is 0 Å². The number of rotatable bonds is 6. The number of nitrogens with one attached hydrogen (secondary N) is 3. The second-order valence-electron chi connectivity index (χ2n) is 6.25. The molecule has 148 valence electrons. The molecular formula is C22H27IN4O. The molecule has 0 fully saturated rings. The summed E-state index contributed by atoms with van der Waals surface area (Å²) in [5.74, 6) is 2.99. The van der Waals surface area contributed by atoms with Crippen molar-refractivity contribution < 1.29 is 4.79 Å². The number of hydrogen-bond acceptors (Lipinski definition) is 2. The zero-order chi connectivity index (χ0) is 19.6. The number of carbonyl (C=O) groups is 1. The van der Waals surface area contributed by atoms with Gasteiger partial charge in [0, 0.05) is 17.8 Å². The van der Waals surface area contributed by atoms with Crippen molar-refractivity contribution in [1.82, 2.24) is 10.6 Å². The number of aryl methyl sites for hydroxylation is 2. The normalized spacial score (nSPS) is 10.4. The molecule has 3 N–H and O–H groups in total. The number of hydrogen-bond donors (Lipinski definition) is 3. The van der Waals surface area contributed by atoms with Gasteiger partial charge in [0.1, 0.15) is 0 Å². The van der Waals surface area contributed by atoms with Crippen molar-refractivity contribution in [3.8, 4) is 12.3 Å². The molecule has 6 heteroatoms. The van der Waals surface area contributed by atoms with Crippen LogP contribution in [0.25, 0.3) is 0 Å². The molecule has 0 aliphatic heterocycles. The number of nitrogens with zero attached hydrogens (tertiary/aromatic N) is 1. The molecule has 5 nitrogen and oxygen atoms in total. The Balaban J connectivity index is 0.00000392. The number of benzene rings is 2. The second-order valence-corrected chi connectivity index (χ2v) is 6.25. The Morgan fingerprint density at radius 2 is 1.93 bits per heavy atom. The van der Waals surface area contributed by atoms with Gasteiger partial charge < -0.3 is 16.0 Å². The summed E-state index contributed by atoms with van der Waals surface area (Å²) in [6.45, 7) is 7.51. The molecule has 1 amide bonds. The fraction of sp³-hybridized carbons (Fsp3) is 0.273. The summed E-state index contributed by atoms with van der Waals surface area (Å²) in [7, 11) is 0. The largest absolute Gasteiger partial charge is 0.357 e. The molecule has 2 aromatic carbocycles. The number of terminal acetylenes is 1. The molecule has 0 heterocycles. The maximum absolute atomic E-state index is 12.2. The first kappa shape index (κ1) is 23.5. The van der Waals surface area contributed by atoms with Crippen molar-refractivity contribution in [3.63, 3.8) is 0 Å². The number of carbonyl (C=O) groups excluding carboxylic acids is 1. The molecule has 0 bridgehead atoms. The summed E-state index contributed by atoms with van der Waals surface area (Å²) in [4.78, 5) is 16.7. The maximum atomic E-state index is 12.2. The minimum atomic E-state index is -0.165. The van der Waals surface area contributed by atoms with Gasteiger partial charge in [0.05, 0.1) is 13.1 Å². The molecule has 2 aromatic rings. The number of amides is 1. The molecule has 2 rings (SSSR count). The van der Waals surface area contributed by atoms with Gasteiger partial charge in [-0.3, -0.25) is 4.79 Å². The van der Waals surface area contributed by atoms with Crippen LogP contribution in [0.4, 0.5) is 5.69 Å². The third-order valence-corrected chi connectivity index (χ3v) is 3.98. The zero-order valence-electron chi connectivity index (χ0n) is 16.5. The molecule has 0 spiro atoms. The van der Waals surface area contributed by atoms with E-state index < -0.39 is 0 Å². The van der Waals surface area contributed by atoms with Gasteiger partial charge in [-0.25, -0.2) is 4.99 Å². The van der Waals surface area contributed by atoms with Gasteiger partial charge >= 0.3 is 0 Å². The van der Waals surface area contributed by atoms with E-state index in [9.17, 15) is 4.79 Å². The Kier molecular flexibility index (Phi) is 10.1. The van der Waals surface area contributed by atoms with Gasteiger partial charge in [0.2, 0.25) is 5.91 Å². The highest BCUT2D eigenvalue weighted by atomic mass is 127. The third-order valence-electron chi connectivity index (χ3n) is 3.98. The summed E-state index contributed by atoms with van der Waals surface area (Å²) in [5, 5.41) is 9.03. The summed E-state index contributed by atoms with van der Waals surface area (Å²) in [5.41, 5.74) is 5.00. The van der Waals surface area contributed by atoms with Crippen molar-refractivity contribution in [3.05, 3.63) is 64.7 Å².